The first-order valence-corrected chi connectivity index (χ1v) is 9.48. The molecule has 1 aliphatic rings. The number of non-ortho nitro benzene ring substituents is 1. The molecule has 0 aliphatic carbocycles. The lowest BCUT2D eigenvalue weighted by Crippen LogP contribution is -2.43. The number of furan rings is 1. The molecule has 0 spiro atoms. The van der Waals surface area contributed by atoms with Gasteiger partial charge in [-0.15, -0.1) is 24.0 Å². The lowest BCUT2D eigenvalue weighted by atomic mass is 10.1. The topological polar surface area (TPSA) is 93.1 Å². The second kappa shape index (κ2) is 11.8. The fourth-order valence-electron chi connectivity index (χ4n) is 3.09. The van der Waals surface area contributed by atoms with Crippen LogP contribution < -0.4 is 5.32 Å². The fraction of sp³-hybridized carbons (Fsp3) is 0.450. The Kier molecular flexibility index (Phi) is 9.39. The normalized spacial score (nSPS) is 16.7. The van der Waals surface area contributed by atoms with Gasteiger partial charge in [0.2, 0.25) is 0 Å². The summed E-state index contributed by atoms with van der Waals surface area (Å²) < 4.78 is 11.2. The van der Waals surface area contributed by atoms with Crippen molar-refractivity contribution in [3.05, 3.63) is 64.1 Å². The van der Waals surface area contributed by atoms with E-state index < -0.39 is 4.92 Å². The summed E-state index contributed by atoms with van der Waals surface area (Å²) in [6, 6.07) is 10.3. The number of rotatable bonds is 7. The summed E-state index contributed by atoms with van der Waals surface area (Å²) in [5, 5.41) is 14.2. The number of hydrogen-bond acceptors (Lipinski definition) is 5. The highest BCUT2D eigenvalue weighted by Crippen LogP contribution is 2.14. The Hall–Kier alpha value is -2.14. The number of nitrogens with zero attached hydrogens (tertiary/aromatic N) is 3. The van der Waals surface area contributed by atoms with Gasteiger partial charge in [-0.05, 0) is 37.0 Å². The van der Waals surface area contributed by atoms with Crippen molar-refractivity contribution in [2.45, 2.75) is 38.5 Å². The van der Waals surface area contributed by atoms with Crippen LogP contribution in [-0.4, -0.2) is 42.1 Å². The smallest absolute Gasteiger partial charge is 0.269 e. The Morgan fingerprint density at radius 2 is 2.10 bits per heavy atom. The molecule has 3 rings (SSSR count). The standard InChI is InChI=1S/C20H26N4O4.HI/c1-23(15-19-6-4-12-28-19)20(22-14-18-5-2-3-11-27-18)21-13-16-7-9-17(10-8-16)24(25)26;/h4,6-10,12,18H,2-3,5,11,13-15H2,1H3,(H,21,22);1H. The van der Waals surface area contributed by atoms with Crippen LogP contribution in [0.5, 0.6) is 0 Å². The highest BCUT2D eigenvalue weighted by molar-refractivity contribution is 14.0. The average molecular weight is 514 g/mol. The molecule has 1 fully saturated rings. The lowest BCUT2D eigenvalue weighted by molar-refractivity contribution is -0.384. The molecular weight excluding hydrogens is 487 g/mol. The molecule has 2 aromatic rings. The summed E-state index contributed by atoms with van der Waals surface area (Å²) in [4.78, 5) is 17.1. The first kappa shape index (κ1) is 23.1. The third-order valence-corrected chi connectivity index (χ3v) is 4.66. The predicted octanol–water partition coefficient (Wildman–Crippen LogP) is 3.95. The zero-order valence-corrected chi connectivity index (χ0v) is 18.8. The van der Waals surface area contributed by atoms with Crippen molar-refractivity contribution in [2.24, 2.45) is 4.99 Å². The first-order chi connectivity index (χ1) is 13.6. The van der Waals surface area contributed by atoms with Crippen LogP contribution >= 0.6 is 24.0 Å². The molecule has 0 bridgehead atoms. The van der Waals surface area contributed by atoms with Crippen LogP contribution in [-0.2, 0) is 17.8 Å². The van der Waals surface area contributed by atoms with E-state index in [-0.39, 0.29) is 35.8 Å². The molecular formula is C20H27IN4O4. The second-order valence-electron chi connectivity index (χ2n) is 6.87. The van der Waals surface area contributed by atoms with E-state index in [1.54, 1.807) is 18.4 Å². The van der Waals surface area contributed by atoms with Crippen LogP contribution in [0.2, 0.25) is 0 Å². The summed E-state index contributed by atoms with van der Waals surface area (Å²) in [6.45, 7) is 2.52. The Balaban J connectivity index is 0.00000300. The van der Waals surface area contributed by atoms with E-state index in [0.717, 1.165) is 36.7 Å². The summed E-state index contributed by atoms with van der Waals surface area (Å²) in [5.74, 6) is 1.59. The maximum atomic E-state index is 10.8. The Morgan fingerprint density at radius 1 is 1.31 bits per heavy atom. The minimum atomic E-state index is -0.401. The van der Waals surface area contributed by atoms with E-state index >= 15 is 0 Å². The number of nitro groups is 1. The van der Waals surface area contributed by atoms with Gasteiger partial charge < -0.3 is 19.4 Å². The van der Waals surface area contributed by atoms with Gasteiger partial charge in [0.05, 0.1) is 30.4 Å². The van der Waals surface area contributed by atoms with Gasteiger partial charge in [0, 0.05) is 32.3 Å². The molecule has 29 heavy (non-hydrogen) atoms. The number of ether oxygens (including phenoxy) is 1. The van der Waals surface area contributed by atoms with Gasteiger partial charge in [0.25, 0.3) is 5.69 Å². The van der Waals surface area contributed by atoms with Gasteiger partial charge in [-0.3, -0.25) is 10.1 Å². The van der Waals surface area contributed by atoms with Gasteiger partial charge in [0.15, 0.2) is 5.96 Å². The lowest BCUT2D eigenvalue weighted by Gasteiger charge is -2.26. The monoisotopic (exact) mass is 514 g/mol. The summed E-state index contributed by atoms with van der Waals surface area (Å²) in [6.07, 6.45) is 5.19. The third kappa shape index (κ3) is 7.32. The van der Waals surface area contributed by atoms with Crippen LogP contribution in [0.1, 0.15) is 30.6 Å². The molecule has 158 valence electrons. The van der Waals surface area contributed by atoms with Crippen LogP contribution in [0.15, 0.2) is 52.1 Å². The summed E-state index contributed by atoms with van der Waals surface area (Å²) in [5.41, 5.74) is 0.987. The molecule has 1 aromatic heterocycles. The quantitative estimate of drug-likeness (QED) is 0.198. The minimum absolute atomic E-state index is 0. The van der Waals surface area contributed by atoms with Gasteiger partial charge in [-0.25, -0.2) is 4.99 Å². The Morgan fingerprint density at radius 3 is 2.72 bits per heavy atom. The molecule has 1 saturated heterocycles. The summed E-state index contributed by atoms with van der Waals surface area (Å²) >= 11 is 0. The molecule has 1 N–H and O–H groups in total. The van der Waals surface area contributed by atoms with Crippen molar-refractivity contribution in [3.63, 3.8) is 0 Å². The number of aliphatic imine (C=N–C) groups is 1. The maximum absolute atomic E-state index is 10.8. The van der Waals surface area contributed by atoms with Gasteiger partial charge in [-0.1, -0.05) is 12.1 Å². The van der Waals surface area contributed by atoms with Gasteiger partial charge >= 0.3 is 0 Å². The number of nitrogens with one attached hydrogen (secondary N) is 1. The molecule has 1 aliphatic heterocycles. The molecule has 2 heterocycles. The molecule has 1 atom stereocenters. The van der Waals surface area contributed by atoms with Crippen LogP contribution in [0.3, 0.4) is 0 Å². The maximum Gasteiger partial charge on any atom is 0.269 e. The minimum Gasteiger partial charge on any atom is -0.467 e. The van der Waals surface area contributed by atoms with Crippen molar-refractivity contribution in [1.29, 1.82) is 0 Å². The van der Waals surface area contributed by atoms with Crippen LogP contribution in [0, 0.1) is 10.1 Å². The van der Waals surface area contributed by atoms with Crippen molar-refractivity contribution < 1.29 is 14.1 Å². The van der Waals surface area contributed by atoms with E-state index in [4.69, 9.17) is 14.1 Å². The highest BCUT2D eigenvalue weighted by atomic mass is 127. The molecule has 0 amide bonds. The van der Waals surface area contributed by atoms with Crippen molar-refractivity contribution in [3.8, 4) is 0 Å². The van der Waals surface area contributed by atoms with E-state index in [2.05, 4.69) is 5.32 Å². The number of hydrogen-bond donors (Lipinski definition) is 1. The number of nitro benzene ring substituents is 1. The van der Waals surface area contributed by atoms with E-state index in [0.29, 0.717) is 19.6 Å². The number of benzene rings is 1. The van der Waals surface area contributed by atoms with Gasteiger partial charge in [0.1, 0.15) is 5.76 Å². The van der Waals surface area contributed by atoms with Crippen LogP contribution in [0.4, 0.5) is 5.69 Å². The fourth-order valence-corrected chi connectivity index (χ4v) is 3.09. The number of halogens is 1. The molecule has 8 nitrogen and oxygen atoms in total. The van der Waals surface area contributed by atoms with Crippen LogP contribution in [0.25, 0.3) is 0 Å². The van der Waals surface area contributed by atoms with Crippen molar-refractivity contribution in [1.82, 2.24) is 10.2 Å². The predicted molar refractivity (Wildman–Crippen MR) is 121 cm³/mol. The largest absolute Gasteiger partial charge is 0.467 e. The molecule has 0 saturated carbocycles. The molecule has 1 aromatic carbocycles. The Labute approximate surface area is 187 Å². The van der Waals surface area contributed by atoms with E-state index in [1.807, 2.05) is 24.1 Å². The van der Waals surface area contributed by atoms with E-state index in [1.165, 1.54) is 18.6 Å². The van der Waals surface area contributed by atoms with Gasteiger partial charge in [-0.2, -0.15) is 0 Å². The molecule has 9 heteroatoms. The summed E-state index contributed by atoms with van der Waals surface area (Å²) in [7, 11) is 1.95. The van der Waals surface area contributed by atoms with E-state index in [9.17, 15) is 10.1 Å². The molecule has 0 radical (unpaired) electrons. The molecule has 1 unspecified atom stereocenters. The van der Waals surface area contributed by atoms with Crippen molar-refractivity contribution >= 4 is 35.6 Å². The third-order valence-electron chi connectivity index (χ3n) is 4.66. The number of guanidine groups is 1. The highest BCUT2D eigenvalue weighted by Gasteiger charge is 2.16. The second-order valence-corrected chi connectivity index (χ2v) is 6.87. The van der Waals surface area contributed by atoms with Crippen molar-refractivity contribution in [2.75, 3.05) is 20.2 Å². The zero-order valence-electron chi connectivity index (χ0n) is 16.5. The zero-order chi connectivity index (χ0) is 19.8. The first-order valence-electron chi connectivity index (χ1n) is 9.48. The Bertz CT molecular complexity index is 774. The average Bonchev–Trinajstić information content (AvgIpc) is 3.22. The SMILES string of the molecule is CN(Cc1ccco1)C(=NCc1ccc([N+](=O)[O-])cc1)NCC1CCCCO1.I.